The third-order valence-corrected chi connectivity index (χ3v) is 2.35. The van der Waals surface area contributed by atoms with Gasteiger partial charge in [-0.25, -0.2) is 0 Å². The van der Waals surface area contributed by atoms with Gasteiger partial charge in [0.05, 0.1) is 6.54 Å². The van der Waals surface area contributed by atoms with E-state index in [-0.39, 0.29) is 0 Å². The van der Waals surface area contributed by atoms with Crippen molar-refractivity contribution < 1.29 is 0 Å². The molecule has 0 N–H and O–H groups in total. The first-order valence-corrected chi connectivity index (χ1v) is 4.40. The summed E-state index contributed by atoms with van der Waals surface area (Å²) in [5.74, 6) is 0.613. The molecule has 0 radical (unpaired) electrons. The van der Waals surface area contributed by atoms with Crippen molar-refractivity contribution in [2.75, 3.05) is 0 Å². The predicted octanol–water partition coefficient (Wildman–Crippen LogP) is 2.74. The molecule has 0 bridgehead atoms. The lowest BCUT2D eigenvalue weighted by Crippen LogP contribution is -1.95. The Bertz CT molecular complexity index is 324. The number of hydrogen-bond acceptors (Lipinski definition) is 1. The van der Waals surface area contributed by atoms with E-state index in [2.05, 4.69) is 37.0 Å². The van der Waals surface area contributed by atoms with Gasteiger partial charge in [0.15, 0.2) is 0 Å². The van der Waals surface area contributed by atoms with Crippen LogP contribution in [0, 0.1) is 0 Å². The SMILES string of the molecule is CC(C)c1cccc2c1CN=C2. The van der Waals surface area contributed by atoms with E-state index in [1.54, 1.807) is 0 Å². The van der Waals surface area contributed by atoms with Gasteiger partial charge in [0.25, 0.3) is 0 Å². The van der Waals surface area contributed by atoms with E-state index in [1.165, 1.54) is 16.7 Å². The zero-order chi connectivity index (χ0) is 8.55. The average Bonchev–Trinajstić information content (AvgIpc) is 2.49. The lowest BCUT2D eigenvalue weighted by molar-refractivity contribution is 0.844. The first kappa shape index (κ1) is 7.53. The number of hydrogen-bond donors (Lipinski definition) is 0. The summed E-state index contributed by atoms with van der Waals surface area (Å²) >= 11 is 0. The van der Waals surface area contributed by atoms with Gasteiger partial charge in [-0.1, -0.05) is 32.0 Å². The quantitative estimate of drug-likeness (QED) is 0.597. The van der Waals surface area contributed by atoms with E-state index >= 15 is 0 Å². The van der Waals surface area contributed by atoms with Crippen molar-refractivity contribution in [3.05, 3.63) is 34.9 Å². The molecule has 2 rings (SSSR count). The van der Waals surface area contributed by atoms with Gasteiger partial charge in [-0.05, 0) is 22.6 Å². The topological polar surface area (TPSA) is 12.4 Å². The molecule has 1 nitrogen and oxygen atoms in total. The lowest BCUT2D eigenvalue weighted by atomic mass is 9.95. The molecule has 1 aliphatic rings. The fraction of sp³-hybridized carbons (Fsp3) is 0.364. The van der Waals surface area contributed by atoms with Crippen LogP contribution >= 0.6 is 0 Å². The van der Waals surface area contributed by atoms with E-state index in [1.807, 2.05) is 6.21 Å². The predicted molar refractivity (Wildman–Crippen MR) is 51.8 cm³/mol. The molecule has 0 aliphatic carbocycles. The van der Waals surface area contributed by atoms with Crippen molar-refractivity contribution in [1.82, 2.24) is 0 Å². The molecule has 1 aromatic rings. The Balaban J connectivity index is 2.53. The lowest BCUT2D eigenvalue weighted by Gasteiger charge is -2.10. The van der Waals surface area contributed by atoms with Crippen LogP contribution in [0.1, 0.15) is 36.5 Å². The molecule has 1 heteroatoms. The number of nitrogens with zero attached hydrogens (tertiary/aromatic N) is 1. The minimum Gasteiger partial charge on any atom is -0.288 e. The normalized spacial score (nSPS) is 13.9. The second-order valence-corrected chi connectivity index (χ2v) is 3.54. The molecular weight excluding hydrogens is 146 g/mol. The first-order valence-electron chi connectivity index (χ1n) is 4.40. The van der Waals surface area contributed by atoms with Crippen LogP contribution in [0.25, 0.3) is 0 Å². The number of fused-ring (bicyclic) bond motifs is 1. The van der Waals surface area contributed by atoms with E-state index in [0.29, 0.717) is 5.92 Å². The third kappa shape index (κ3) is 1.06. The fourth-order valence-corrected chi connectivity index (χ4v) is 1.70. The smallest absolute Gasteiger partial charge is 0.0649 e. The highest BCUT2D eigenvalue weighted by atomic mass is 14.7. The molecule has 0 unspecified atom stereocenters. The second-order valence-electron chi connectivity index (χ2n) is 3.54. The first-order chi connectivity index (χ1) is 5.79. The number of benzene rings is 1. The highest BCUT2D eigenvalue weighted by Crippen LogP contribution is 2.25. The van der Waals surface area contributed by atoms with E-state index in [9.17, 15) is 0 Å². The maximum absolute atomic E-state index is 4.27. The van der Waals surface area contributed by atoms with Gasteiger partial charge >= 0.3 is 0 Å². The van der Waals surface area contributed by atoms with Crippen LogP contribution in [0.5, 0.6) is 0 Å². The van der Waals surface area contributed by atoms with Crippen LogP contribution in [0.4, 0.5) is 0 Å². The largest absolute Gasteiger partial charge is 0.288 e. The minimum atomic E-state index is 0.613. The molecule has 0 atom stereocenters. The maximum atomic E-state index is 4.27. The Hall–Kier alpha value is -1.11. The van der Waals surface area contributed by atoms with Gasteiger partial charge in [0.1, 0.15) is 0 Å². The maximum Gasteiger partial charge on any atom is 0.0649 e. The molecule has 0 spiro atoms. The molecule has 0 saturated carbocycles. The summed E-state index contributed by atoms with van der Waals surface area (Å²) in [7, 11) is 0. The molecule has 1 aliphatic heterocycles. The van der Waals surface area contributed by atoms with Crippen LogP contribution in [-0.4, -0.2) is 6.21 Å². The zero-order valence-electron chi connectivity index (χ0n) is 7.54. The molecular formula is C11H13N. The van der Waals surface area contributed by atoms with E-state index in [0.717, 1.165) is 6.54 Å². The summed E-state index contributed by atoms with van der Waals surface area (Å²) in [6.45, 7) is 5.34. The van der Waals surface area contributed by atoms with Gasteiger partial charge in [-0.3, -0.25) is 4.99 Å². The van der Waals surface area contributed by atoms with Crippen LogP contribution in [-0.2, 0) is 6.54 Å². The van der Waals surface area contributed by atoms with Crippen molar-refractivity contribution in [3.8, 4) is 0 Å². The van der Waals surface area contributed by atoms with Crippen molar-refractivity contribution in [1.29, 1.82) is 0 Å². The summed E-state index contributed by atoms with van der Waals surface area (Å²) < 4.78 is 0. The fourth-order valence-electron chi connectivity index (χ4n) is 1.70. The second kappa shape index (κ2) is 2.74. The average molecular weight is 159 g/mol. The Kier molecular flexibility index (Phi) is 1.72. The molecule has 1 heterocycles. The Morgan fingerprint density at radius 3 is 2.92 bits per heavy atom. The van der Waals surface area contributed by atoms with Crippen LogP contribution in [0.3, 0.4) is 0 Å². The number of aliphatic imine (C=N–C) groups is 1. The van der Waals surface area contributed by atoms with Gasteiger partial charge in [0, 0.05) is 6.21 Å². The van der Waals surface area contributed by atoms with Crippen molar-refractivity contribution in [3.63, 3.8) is 0 Å². The highest BCUT2D eigenvalue weighted by molar-refractivity contribution is 5.85. The van der Waals surface area contributed by atoms with Gasteiger partial charge in [0.2, 0.25) is 0 Å². The monoisotopic (exact) mass is 159 g/mol. The van der Waals surface area contributed by atoms with Crippen LogP contribution in [0.15, 0.2) is 23.2 Å². The Morgan fingerprint density at radius 1 is 1.33 bits per heavy atom. The minimum absolute atomic E-state index is 0.613. The van der Waals surface area contributed by atoms with Gasteiger partial charge in [-0.2, -0.15) is 0 Å². The molecule has 0 saturated heterocycles. The van der Waals surface area contributed by atoms with E-state index < -0.39 is 0 Å². The van der Waals surface area contributed by atoms with Crippen molar-refractivity contribution in [2.24, 2.45) is 4.99 Å². The van der Waals surface area contributed by atoms with E-state index in [4.69, 9.17) is 0 Å². The van der Waals surface area contributed by atoms with Gasteiger partial charge in [-0.15, -0.1) is 0 Å². The zero-order valence-corrected chi connectivity index (χ0v) is 7.54. The van der Waals surface area contributed by atoms with Crippen LogP contribution < -0.4 is 0 Å². The molecule has 62 valence electrons. The standard InChI is InChI=1S/C11H13N/c1-8(2)10-5-3-4-9-6-12-7-11(9)10/h3-6,8H,7H2,1-2H3. The van der Waals surface area contributed by atoms with Gasteiger partial charge < -0.3 is 0 Å². The summed E-state index contributed by atoms with van der Waals surface area (Å²) in [5.41, 5.74) is 4.18. The number of rotatable bonds is 1. The van der Waals surface area contributed by atoms with Crippen molar-refractivity contribution in [2.45, 2.75) is 26.3 Å². The summed E-state index contributed by atoms with van der Waals surface area (Å²) in [5, 5.41) is 0. The van der Waals surface area contributed by atoms with Crippen LogP contribution in [0.2, 0.25) is 0 Å². The Labute approximate surface area is 73.1 Å². The molecule has 0 aromatic heterocycles. The third-order valence-electron chi connectivity index (χ3n) is 2.35. The summed E-state index contributed by atoms with van der Waals surface area (Å²) in [4.78, 5) is 4.27. The summed E-state index contributed by atoms with van der Waals surface area (Å²) in [6.07, 6.45) is 1.97. The summed E-state index contributed by atoms with van der Waals surface area (Å²) in [6, 6.07) is 6.46. The molecule has 0 fully saturated rings. The molecule has 0 amide bonds. The Morgan fingerprint density at radius 2 is 2.17 bits per heavy atom. The van der Waals surface area contributed by atoms with Crippen molar-refractivity contribution >= 4 is 6.21 Å². The highest BCUT2D eigenvalue weighted by Gasteiger charge is 2.12. The molecule has 12 heavy (non-hydrogen) atoms. The molecule has 1 aromatic carbocycles.